The standard InChI is InChI=1S/C31H29F3N8O3/c32-31(33,34)44-24-7-2-1-4-20(24)27-22(29(45-40-27)16-8-9-16)15-43-19-12-17-10-11-18(13-19)26(17)37-25-14-35-28-21(30-38-41-42-39-30)5-3-6-23(28)36-25/h1-7,14,16-19,26H,8-13,15H2,(H,36,37)(H,38,39,41,42)/t17-,18+,19+,26-. The molecule has 3 aliphatic carbocycles. The molecular formula is C31H29F3N8O3. The zero-order chi connectivity index (χ0) is 30.5. The summed E-state index contributed by atoms with van der Waals surface area (Å²) in [5.41, 5.74) is 3.52. The van der Waals surface area contributed by atoms with E-state index in [-0.39, 0.29) is 36.0 Å². The lowest BCUT2D eigenvalue weighted by molar-refractivity contribution is -0.274. The first kappa shape index (κ1) is 27.9. The zero-order valence-corrected chi connectivity index (χ0v) is 24.0. The van der Waals surface area contributed by atoms with Gasteiger partial charge in [0.1, 0.15) is 23.0 Å². The van der Waals surface area contributed by atoms with Gasteiger partial charge in [-0.05, 0) is 85.1 Å². The van der Waals surface area contributed by atoms with E-state index >= 15 is 0 Å². The largest absolute Gasteiger partial charge is 0.573 e. The van der Waals surface area contributed by atoms with Crippen molar-refractivity contribution in [3.05, 3.63) is 60.0 Å². The normalized spacial score (nSPS) is 23.0. The Hall–Kier alpha value is -4.59. The number of nitrogens with zero attached hydrogens (tertiary/aromatic N) is 6. The van der Waals surface area contributed by atoms with Gasteiger partial charge in [-0.15, -0.1) is 18.3 Å². The Labute approximate surface area is 254 Å². The van der Waals surface area contributed by atoms with Gasteiger partial charge in [0.15, 0.2) is 5.82 Å². The van der Waals surface area contributed by atoms with Crippen molar-refractivity contribution in [2.24, 2.45) is 11.8 Å². The van der Waals surface area contributed by atoms with Gasteiger partial charge in [0.25, 0.3) is 0 Å². The highest BCUT2D eigenvalue weighted by molar-refractivity contribution is 5.89. The molecule has 5 aromatic rings. The lowest BCUT2D eigenvalue weighted by atomic mass is 9.82. The Morgan fingerprint density at radius 1 is 0.978 bits per heavy atom. The van der Waals surface area contributed by atoms with Crippen molar-refractivity contribution in [2.75, 3.05) is 5.32 Å². The summed E-state index contributed by atoms with van der Waals surface area (Å²) in [5.74, 6) is 2.64. The summed E-state index contributed by atoms with van der Waals surface area (Å²) >= 11 is 0. The van der Waals surface area contributed by atoms with E-state index in [1.54, 1.807) is 18.3 Å². The average Bonchev–Trinajstić information content (AvgIpc) is 3.45. The second kappa shape index (κ2) is 11.1. The summed E-state index contributed by atoms with van der Waals surface area (Å²) in [6, 6.07) is 12.0. The number of para-hydroxylation sites is 2. The second-order valence-electron chi connectivity index (χ2n) is 12.0. The van der Waals surface area contributed by atoms with Crippen LogP contribution in [-0.4, -0.2) is 54.3 Å². The Balaban J connectivity index is 0.970. The van der Waals surface area contributed by atoms with Crippen molar-refractivity contribution in [3.8, 4) is 28.4 Å². The van der Waals surface area contributed by atoms with Gasteiger partial charge in [0, 0.05) is 28.7 Å². The van der Waals surface area contributed by atoms with E-state index in [0.717, 1.165) is 55.4 Å². The monoisotopic (exact) mass is 618 g/mol. The van der Waals surface area contributed by atoms with Gasteiger partial charge in [-0.1, -0.05) is 23.4 Å². The molecule has 0 amide bonds. The summed E-state index contributed by atoms with van der Waals surface area (Å²) in [4.78, 5) is 9.52. The number of alkyl halides is 3. The fourth-order valence-corrected chi connectivity index (χ4v) is 7.01. The Bertz CT molecular complexity index is 1810. The zero-order valence-electron chi connectivity index (χ0n) is 24.0. The van der Waals surface area contributed by atoms with E-state index < -0.39 is 6.36 Å². The molecule has 3 saturated carbocycles. The topological polar surface area (TPSA) is 137 Å². The van der Waals surface area contributed by atoms with Crippen LogP contribution in [0.4, 0.5) is 19.0 Å². The first-order valence-electron chi connectivity index (χ1n) is 15.1. The first-order valence-corrected chi connectivity index (χ1v) is 15.1. The minimum atomic E-state index is -4.82. The molecule has 3 fully saturated rings. The summed E-state index contributed by atoms with van der Waals surface area (Å²) in [6.07, 6.45) is 2.76. The average molecular weight is 619 g/mol. The van der Waals surface area contributed by atoms with Crippen molar-refractivity contribution in [1.82, 2.24) is 35.7 Å². The number of H-pyrrole nitrogens is 1. The van der Waals surface area contributed by atoms with Crippen LogP contribution in [0.25, 0.3) is 33.7 Å². The highest BCUT2D eigenvalue weighted by Crippen LogP contribution is 2.48. The van der Waals surface area contributed by atoms with Gasteiger partial charge in [-0.2, -0.15) is 0 Å². The molecule has 14 heteroatoms. The molecule has 3 aromatic heterocycles. The van der Waals surface area contributed by atoms with Gasteiger partial charge in [-0.25, -0.2) is 15.1 Å². The number of hydrogen-bond acceptors (Lipinski definition) is 10. The lowest BCUT2D eigenvalue weighted by Crippen LogP contribution is -2.39. The number of tetrazole rings is 1. The first-order chi connectivity index (χ1) is 21.9. The highest BCUT2D eigenvalue weighted by atomic mass is 19.4. The number of aromatic nitrogens is 7. The smallest absolute Gasteiger partial charge is 0.405 e. The predicted octanol–water partition coefficient (Wildman–Crippen LogP) is 6.43. The molecule has 0 spiro atoms. The molecule has 45 heavy (non-hydrogen) atoms. The van der Waals surface area contributed by atoms with Gasteiger partial charge in [0.05, 0.1) is 29.9 Å². The molecule has 0 radical (unpaired) electrons. The molecular weight excluding hydrogens is 589 g/mol. The van der Waals surface area contributed by atoms with Crippen LogP contribution in [0.2, 0.25) is 0 Å². The molecule has 3 heterocycles. The maximum absolute atomic E-state index is 13.1. The van der Waals surface area contributed by atoms with Gasteiger partial charge in [-0.3, -0.25) is 0 Å². The van der Waals surface area contributed by atoms with Crippen LogP contribution in [0.5, 0.6) is 5.75 Å². The SMILES string of the molecule is FC(F)(F)Oc1ccccc1-c1noc(C2CC2)c1CO[C@H]1C[C@H]2CC[C@@H](C1)[C@@H]2Nc1cnc2c(-c3nnn[nH]3)cccc2n1. The van der Waals surface area contributed by atoms with Crippen molar-refractivity contribution >= 4 is 16.9 Å². The Kier molecular flexibility index (Phi) is 6.88. The van der Waals surface area contributed by atoms with Gasteiger partial charge >= 0.3 is 6.36 Å². The van der Waals surface area contributed by atoms with Crippen molar-refractivity contribution in [2.45, 2.75) is 69.6 Å². The highest BCUT2D eigenvalue weighted by Gasteiger charge is 2.44. The quantitative estimate of drug-likeness (QED) is 0.190. The molecule has 2 bridgehead atoms. The molecule has 11 nitrogen and oxygen atoms in total. The van der Waals surface area contributed by atoms with E-state index in [2.05, 4.69) is 40.8 Å². The minimum Gasteiger partial charge on any atom is -0.405 e. The van der Waals surface area contributed by atoms with Crippen molar-refractivity contribution in [1.29, 1.82) is 0 Å². The molecule has 232 valence electrons. The molecule has 4 atom stereocenters. The van der Waals surface area contributed by atoms with Crippen molar-refractivity contribution < 1.29 is 27.2 Å². The summed E-state index contributed by atoms with van der Waals surface area (Å²) in [5, 5.41) is 22.0. The number of anilines is 1. The Morgan fingerprint density at radius 3 is 2.53 bits per heavy atom. The maximum Gasteiger partial charge on any atom is 0.573 e. The fraction of sp³-hybridized carbons (Fsp3) is 0.419. The van der Waals surface area contributed by atoms with E-state index in [4.69, 9.17) is 14.2 Å². The number of hydrogen-bond donors (Lipinski definition) is 2. The molecule has 0 unspecified atom stereocenters. The van der Waals surface area contributed by atoms with Crippen molar-refractivity contribution in [3.63, 3.8) is 0 Å². The molecule has 2 N–H and O–H groups in total. The summed E-state index contributed by atoms with van der Waals surface area (Å²) in [6.45, 7) is 0.215. The van der Waals surface area contributed by atoms with Gasteiger partial charge in [0.2, 0.25) is 0 Å². The van der Waals surface area contributed by atoms with Crippen LogP contribution in [0.15, 0.2) is 53.2 Å². The molecule has 2 aromatic carbocycles. The number of ether oxygens (including phenoxy) is 2. The number of rotatable bonds is 9. The van der Waals surface area contributed by atoms with Crippen LogP contribution in [0, 0.1) is 11.8 Å². The third-order valence-electron chi connectivity index (χ3n) is 9.14. The van der Waals surface area contributed by atoms with Crippen LogP contribution >= 0.6 is 0 Å². The Morgan fingerprint density at radius 2 is 1.78 bits per heavy atom. The van der Waals surface area contributed by atoms with Crippen LogP contribution < -0.4 is 10.1 Å². The van der Waals surface area contributed by atoms with E-state index in [1.807, 2.05) is 18.2 Å². The minimum absolute atomic E-state index is 0.0118. The van der Waals surface area contributed by atoms with Crippen LogP contribution in [0.3, 0.4) is 0 Å². The number of aromatic amines is 1. The third-order valence-corrected chi connectivity index (χ3v) is 9.14. The third kappa shape index (κ3) is 5.58. The van der Waals surface area contributed by atoms with Gasteiger partial charge < -0.3 is 19.3 Å². The van der Waals surface area contributed by atoms with Crippen LogP contribution in [0.1, 0.15) is 55.8 Å². The molecule has 0 saturated heterocycles. The predicted molar refractivity (Wildman–Crippen MR) is 155 cm³/mol. The molecule has 8 rings (SSSR count). The van der Waals surface area contributed by atoms with Crippen LogP contribution in [-0.2, 0) is 11.3 Å². The summed E-state index contributed by atoms with van der Waals surface area (Å²) < 4.78 is 56.0. The van der Waals surface area contributed by atoms with E-state index in [9.17, 15) is 13.2 Å². The lowest BCUT2D eigenvalue weighted by Gasteiger charge is -2.36. The fourth-order valence-electron chi connectivity index (χ4n) is 7.01. The van der Waals surface area contributed by atoms with E-state index in [1.165, 1.54) is 12.1 Å². The number of nitrogens with one attached hydrogen (secondary N) is 2. The number of benzene rings is 2. The maximum atomic E-state index is 13.1. The number of fused-ring (bicyclic) bond motifs is 3. The molecule has 3 aliphatic rings. The van der Waals surface area contributed by atoms with E-state index in [0.29, 0.717) is 40.2 Å². The molecule has 0 aliphatic heterocycles. The second-order valence-corrected chi connectivity index (χ2v) is 12.0. The number of halogens is 3. The summed E-state index contributed by atoms with van der Waals surface area (Å²) in [7, 11) is 0.